The van der Waals surface area contributed by atoms with Crippen LogP contribution in [0.2, 0.25) is 0 Å². The lowest BCUT2D eigenvalue weighted by Crippen LogP contribution is -2.32. The van der Waals surface area contributed by atoms with E-state index in [-0.39, 0.29) is 17.3 Å². The van der Waals surface area contributed by atoms with Gasteiger partial charge < -0.3 is 10.1 Å². The molecule has 20 heavy (non-hydrogen) atoms. The van der Waals surface area contributed by atoms with Crippen LogP contribution in [0.25, 0.3) is 0 Å². The summed E-state index contributed by atoms with van der Waals surface area (Å²) in [6.45, 7) is 5.77. The van der Waals surface area contributed by atoms with Crippen molar-refractivity contribution in [2.24, 2.45) is 0 Å². The van der Waals surface area contributed by atoms with Crippen molar-refractivity contribution in [3.63, 3.8) is 0 Å². The van der Waals surface area contributed by atoms with E-state index in [1.807, 2.05) is 13.0 Å². The highest BCUT2D eigenvalue weighted by Crippen LogP contribution is 2.24. The fourth-order valence-corrected chi connectivity index (χ4v) is 2.93. The molecule has 0 aliphatic heterocycles. The van der Waals surface area contributed by atoms with Gasteiger partial charge in [0.1, 0.15) is 10.6 Å². The smallest absolute Gasteiger partial charge is 0.244 e. The number of halogens is 1. The van der Waals surface area contributed by atoms with E-state index < -0.39 is 10.0 Å². The van der Waals surface area contributed by atoms with E-state index >= 15 is 0 Å². The average Bonchev–Trinajstić information content (AvgIpc) is 2.38. The minimum atomic E-state index is -3.53. The van der Waals surface area contributed by atoms with E-state index in [0.29, 0.717) is 18.8 Å². The molecule has 0 unspecified atom stereocenters. The molecule has 1 rings (SSSR count). The van der Waals surface area contributed by atoms with Crippen LogP contribution in [-0.2, 0) is 10.0 Å². The first-order chi connectivity index (χ1) is 9.01. The van der Waals surface area contributed by atoms with Crippen LogP contribution < -0.4 is 14.8 Å². The van der Waals surface area contributed by atoms with Crippen LogP contribution in [-0.4, -0.2) is 35.2 Å². The Hall–Kier alpha value is -0.820. The van der Waals surface area contributed by atoms with Gasteiger partial charge >= 0.3 is 0 Å². The Bertz CT molecular complexity index is 506. The van der Waals surface area contributed by atoms with Gasteiger partial charge in [-0.1, -0.05) is 13.0 Å². The quantitative estimate of drug-likeness (QED) is 0.715. The topological polar surface area (TPSA) is 67.4 Å². The Kier molecular flexibility index (Phi) is 8.80. The van der Waals surface area contributed by atoms with Gasteiger partial charge in [-0.15, -0.1) is 12.4 Å². The van der Waals surface area contributed by atoms with Gasteiger partial charge in [0.2, 0.25) is 10.0 Å². The molecule has 5 nitrogen and oxygen atoms in total. The molecule has 0 aliphatic carbocycles. The van der Waals surface area contributed by atoms with Crippen molar-refractivity contribution >= 4 is 22.4 Å². The highest BCUT2D eigenvalue weighted by Gasteiger charge is 2.18. The minimum Gasteiger partial charge on any atom is -0.495 e. The summed E-state index contributed by atoms with van der Waals surface area (Å²) in [6, 6.07) is 5.10. The van der Waals surface area contributed by atoms with Gasteiger partial charge in [-0.3, -0.25) is 0 Å². The molecule has 0 fully saturated rings. The van der Waals surface area contributed by atoms with E-state index in [4.69, 9.17) is 4.74 Å². The molecule has 7 heteroatoms. The molecule has 1 aromatic carbocycles. The number of aryl methyl sites for hydroxylation is 1. The lowest BCUT2D eigenvalue weighted by Gasteiger charge is -2.11. The molecule has 0 atom stereocenters. The summed E-state index contributed by atoms with van der Waals surface area (Å²) in [5, 5.41) is 3.14. The second kappa shape index (κ2) is 9.18. The van der Waals surface area contributed by atoms with Crippen molar-refractivity contribution in [2.75, 3.05) is 26.7 Å². The zero-order valence-corrected chi connectivity index (χ0v) is 13.7. The Morgan fingerprint density at radius 1 is 1.20 bits per heavy atom. The first-order valence-electron chi connectivity index (χ1n) is 6.36. The number of hydrogen-bond donors (Lipinski definition) is 2. The van der Waals surface area contributed by atoms with Crippen LogP contribution in [0, 0.1) is 6.92 Å². The van der Waals surface area contributed by atoms with Gasteiger partial charge in [0.05, 0.1) is 7.11 Å². The molecule has 1 aromatic rings. The molecule has 0 aliphatic rings. The molecular weight excluding hydrogens is 300 g/mol. The van der Waals surface area contributed by atoms with Gasteiger partial charge in [0, 0.05) is 13.1 Å². The SMILES string of the molecule is CCCNCCNS(=O)(=O)c1cc(C)ccc1OC.Cl. The normalized spacial score (nSPS) is 10.9. The maximum Gasteiger partial charge on any atom is 0.244 e. The zero-order valence-electron chi connectivity index (χ0n) is 12.1. The van der Waals surface area contributed by atoms with E-state index in [0.717, 1.165) is 18.5 Å². The third-order valence-corrected chi connectivity index (χ3v) is 4.11. The molecule has 116 valence electrons. The van der Waals surface area contributed by atoms with Crippen molar-refractivity contribution in [1.29, 1.82) is 0 Å². The van der Waals surface area contributed by atoms with Gasteiger partial charge in [0.15, 0.2) is 0 Å². The molecule has 0 saturated heterocycles. The van der Waals surface area contributed by atoms with Crippen LogP contribution >= 0.6 is 12.4 Å². The molecule has 0 spiro atoms. The van der Waals surface area contributed by atoms with Gasteiger partial charge in [-0.05, 0) is 37.6 Å². The monoisotopic (exact) mass is 322 g/mol. The summed E-state index contributed by atoms with van der Waals surface area (Å²) in [5.41, 5.74) is 0.880. The van der Waals surface area contributed by atoms with Crippen molar-refractivity contribution in [3.8, 4) is 5.75 Å². The highest BCUT2D eigenvalue weighted by molar-refractivity contribution is 7.89. The lowest BCUT2D eigenvalue weighted by molar-refractivity contribution is 0.402. The molecule has 0 saturated carbocycles. The summed E-state index contributed by atoms with van der Waals surface area (Å²) in [6.07, 6.45) is 1.03. The standard InChI is InChI=1S/C13H22N2O3S.ClH/c1-4-7-14-8-9-15-19(16,17)13-10-11(2)5-6-12(13)18-3;/h5-6,10,14-15H,4,7-9H2,1-3H3;1H. The fraction of sp³-hybridized carbons (Fsp3) is 0.538. The molecule has 0 radical (unpaired) electrons. The molecule has 2 N–H and O–H groups in total. The maximum atomic E-state index is 12.2. The summed E-state index contributed by atoms with van der Waals surface area (Å²) < 4.78 is 32.0. The molecule has 0 aromatic heterocycles. The zero-order chi connectivity index (χ0) is 14.3. The Balaban J connectivity index is 0.00000361. The summed E-state index contributed by atoms with van der Waals surface area (Å²) in [4.78, 5) is 0.186. The van der Waals surface area contributed by atoms with E-state index in [1.165, 1.54) is 7.11 Å². The average molecular weight is 323 g/mol. The fourth-order valence-electron chi connectivity index (χ4n) is 1.65. The van der Waals surface area contributed by atoms with Crippen LogP contribution in [0.1, 0.15) is 18.9 Å². The second-order valence-electron chi connectivity index (χ2n) is 4.30. The maximum absolute atomic E-state index is 12.2. The summed E-state index contributed by atoms with van der Waals surface area (Å²) in [7, 11) is -2.06. The molecule has 0 bridgehead atoms. The molecule has 0 heterocycles. The van der Waals surface area contributed by atoms with Crippen LogP contribution in [0.3, 0.4) is 0 Å². The number of rotatable bonds is 8. The van der Waals surface area contributed by atoms with Gasteiger partial charge in [0.25, 0.3) is 0 Å². The number of nitrogens with one attached hydrogen (secondary N) is 2. The Morgan fingerprint density at radius 3 is 2.50 bits per heavy atom. The Morgan fingerprint density at radius 2 is 1.90 bits per heavy atom. The largest absolute Gasteiger partial charge is 0.495 e. The minimum absolute atomic E-state index is 0. The first kappa shape index (κ1) is 19.2. The van der Waals surface area contributed by atoms with E-state index in [9.17, 15) is 8.42 Å². The number of ether oxygens (including phenoxy) is 1. The second-order valence-corrected chi connectivity index (χ2v) is 6.04. The van der Waals surface area contributed by atoms with Crippen molar-refractivity contribution in [2.45, 2.75) is 25.2 Å². The summed E-state index contributed by atoms with van der Waals surface area (Å²) in [5.74, 6) is 0.361. The van der Waals surface area contributed by atoms with E-state index in [2.05, 4.69) is 17.0 Å². The highest BCUT2D eigenvalue weighted by atomic mass is 35.5. The van der Waals surface area contributed by atoms with Crippen molar-refractivity contribution in [1.82, 2.24) is 10.0 Å². The number of hydrogen-bond acceptors (Lipinski definition) is 4. The number of methoxy groups -OCH3 is 1. The third kappa shape index (κ3) is 5.66. The van der Waals surface area contributed by atoms with Crippen LogP contribution in [0.5, 0.6) is 5.75 Å². The molecular formula is C13H23ClN2O3S. The van der Waals surface area contributed by atoms with Crippen molar-refractivity contribution < 1.29 is 13.2 Å². The summed E-state index contributed by atoms with van der Waals surface area (Å²) >= 11 is 0. The Labute approximate surface area is 127 Å². The van der Waals surface area contributed by atoms with E-state index in [1.54, 1.807) is 12.1 Å². The number of benzene rings is 1. The predicted octanol–water partition coefficient (Wildman–Crippen LogP) is 1.70. The first-order valence-corrected chi connectivity index (χ1v) is 7.84. The third-order valence-electron chi connectivity index (χ3n) is 2.63. The van der Waals surface area contributed by atoms with Gasteiger partial charge in [-0.25, -0.2) is 13.1 Å². The number of sulfonamides is 1. The predicted molar refractivity (Wildman–Crippen MR) is 83.3 cm³/mol. The van der Waals surface area contributed by atoms with Crippen LogP contribution in [0.15, 0.2) is 23.1 Å². The lowest BCUT2D eigenvalue weighted by atomic mass is 10.2. The van der Waals surface area contributed by atoms with Crippen molar-refractivity contribution in [3.05, 3.63) is 23.8 Å². The van der Waals surface area contributed by atoms with Gasteiger partial charge in [-0.2, -0.15) is 0 Å². The van der Waals surface area contributed by atoms with Crippen LogP contribution in [0.4, 0.5) is 0 Å². The molecule has 0 amide bonds.